The molecule has 2 aromatic heterocycles. The van der Waals surface area contributed by atoms with Crippen LogP contribution >= 0.6 is 11.3 Å². The first kappa shape index (κ1) is 13.3. The topological polar surface area (TPSA) is 30.7 Å². The van der Waals surface area contributed by atoms with Crippen molar-refractivity contribution in [1.29, 1.82) is 0 Å². The lowest BCUT2D eigenvalue weighted by Gasteiger charge is -1.99. The Morgan fingerprint density at radius 3 is 2.80 bits per heavy atom. The van der Waals surface area contributed by atoms with E-state index in [4.69, 9.17) is 0 Å². The number of nitrogens with zero attached hydrogens (tertiary/aromatic N) is 3. The Hall–Kier alpha value is -1.69. The van der Waals surface area contributed by atoms with Crippen molar-refractivity contribution in [3.05, 3.63) is 35.9 Å². The molecule has 3 rings (SSSR count). The summed E-state index contributed by atoms with van der Waals surface area (Å²) in [7, 11) is 0.878. The first-order chi connectivity index (χ1) is 9.61. The van der Waals surface area contributed by atoms with Crippen molar-refractivity contribution < 1.29 is 4.39 Å². The molecule has 0 atom stereocenters. The molecule has 0 saturated carbocycles. The Bertz CT molecular complexity index is 763. The van der Waals surface area contributed by atoms with Gasteiger partial charge in [-0.1, -0.05) is 32.8 Å². The van der Waals surface area contributed by atoms with E-state index in [1.54, 1.807) is 28.3 Å². The molecule has 0 N–H and O–H groups in total. The number of fused-ring (bicyclic) bond motifs is 1. The van der Waals surface area contributed by atoms with Gasteiger partial charge >= 0.3 is 0 Å². The van der Waals surface area contributed by atoms with Crippen LogP contribution in [0.15, 0.2) is 24.4 Å². The number of para-hydroxylation sites is 1. The minimum Gasteiger partial charge on any atom is -0.258 e. The normalized spacial score (nSPS) is 11.4. The second kappa shape index (κ2) is 5.02. The third-order valence-electron chi connectivity index (χ3n) is 3.28. The lowest BCUT2D eigenvalue weighted by atomic mass is 9.84. The summed E-state index contributed by atoms with van der Waals surface area (Å²) in [5, 5.41) is 6.36. The van der Waals surface area contributed by atoms with Gasteiger partial charge in [0, 0.05) is 5.39 Å². The van der Waals surface area contributed by atoms with Gasteiger partial charge in [-0.2, -0.15) is 5.10 Å². The molecular formula is C14H15BFN3S. The Balaban J connectivity index is 2.29. The molecule has 0 bridgehead atoms. The molecular weight excluding hydrogens is 272 g/mol. The quantitative estimate of drug-likeness (QED) is 0.693. The summed E-state index contributed by atoms with van der Waals surface area (Å²) in [5.74, 6) is 0.00691. The molecule has 3 aromatic rings. The fourth-order valence-corrected chi connectivity index (χ4v) is 3.11. The van der Waals surface area contributed by atoms with Crippen LogP contribution in [0.2, 0.25) is 6.82 Å². The van der Waals surface area contributed by atoms with Crippen LogP contribution in [0.1, 0.15) is 25.5 Å². The zero-order valence-electron chi connectivity index (χ0n) is 11.7. The molecule has 0 amide bonds. The molecule has 3 nitrogen and oxygen atoms in total. The summed E-state index contributed by atoms with van der Waals surface area (Å²) in [4.78, 5) is 5.37. The predicted octanol–water partition coefficient (Wildman–Crippen LogP) is 2.85. The van der Waals surface area contributed by atoms with Crippen LogP contribution in [-0.2, 0) is 0 Å². The monoisotopic (exact) mass is 287 g/mol. The fourth-order valence-electron chi connectivity index (χ4n) is 2.30. The number of benzene rings is 1. The smallest absolute Gasteiger partial charge is 0.192 e. The van der Waals surface area contributed by atoms with E-state index in [0.29, 0.717) is 5.52 Å². The number of hydrogen-bond donors (Lipinski definition) is 0. The van der Waals surface area contributed by atoms with Crippen molar-refractivity contribution in [2.75, 3.05) is 0 Å². The van der Waals surface area contributed by atoms with Crippen LogP contribution in [0.5, 0.6) is 0 Å². The molecule has 2 heterocycles. The molecule has 0 aliphatic heterocycles. The van der Waals surface area contributed by atoms with Crippen LogP contribution in [-0.4, -0.2) is 22.0 Å². The van der Waals surface area contributed by atoms with E-state index in [1.807, 2.05) is 6.07 Å². The van der Waals surface area contributed by atoms with Crippen LogP contribution in [0, 0.1) is 5.82 Å². The number of hydrogen-bond acceptors (Lipinski definition) is 3. The average Bonchev–Trinajstić information content (AvgIpc) is 3.02. The summed E-state index contributed by atoms with van der Waals surface area (Å²) in [6, 6.07) is 5.14. The van der Waals surface area contributed by atoms with E-state index in [1.165, 1.54) is 6.07 Å². The minimum atomic E-state index is -0.242. The maximum Gasteiger partial charge on any atom is 0.192 e. The van der Waals surface area contributed by atoms with Gasteiger partial charge in [-0.3, -0.25) is 4.98 Å². The van der Waals surface area contributed by atoms with Crippen molar-refractivity contribution >= 4 is 34.4 Å². The Morgan fingerprint density at radius 2 is 2.15 bits per heavy atom. The first-order valence-corrected chi connectivity index (χ1v) is 7.55. The van der Waals surface area contributed by atoms with Gasteiger partial charge in [0.05, 0.1) is 16.8 Å². The van der Waals surface area contributed by atoms with Gasteiger partial charge in [-0.15, -0.1) is 11.3 Å². The molecule has 0 aliphatic rings. The number of thiazole rings is 1. The lowest BCUT2D eigenvalue weighted by molar-refractivity contribution is 0.631. The maximum atomic E-state index is 14.2. The molecule has 102 valence electrons. The number of rotatable bonds is 3. The van der Waals surface area contributed by atoms with Crippen molar-refractivity contribution in [1.82, 2.24) is 14.8 Å². The molecule has 20 heavy (non-hydrogen) atoms. The van der Waals surface area contributed by atoms with Gasteiger partial charge in [-0.05, 0) is 12.0 Å². The Kier molecular flexibility index (Phi) is 3.34. The molecule has 6 heteroatoms. The molecule has 0 radical (unpaired) electrons. The summed E-state index contributed by atoms with van der Waals surface area (Å²) in [5.41, 5.74) is 1.47. The molecule has 0 spiro atoms. The number of aromatic nitrogens is 3. The molecule has 0 fully saturated rings. The van der Waals surface area contributed by atoms with Gasteiger partial charge in [0.2, 0.25) is 0 Å². The van der Waals surface area contributed by atoms with Crippen LogP contribution in [0.4, 0.5) is 4.39 Å². The summed E-state index contributed by atoms with van der Waals surface area (Å²) >= 11 is 1.56. The van der Waals surface area contributed by atoms with Crippen LogP contribution in [0.3, 0.4) is 0 Å². The second-order valence-corrected chi connectivity index (χ2v) is 6.13. The van der Waals surface area contributed by atoms with Crippen molar-refractivity contribution in [3.63, 3.8) is 0 Å². The van der Waals surface area contributed by atoms with E-state index in [2.05, 4.69) is 30.8 Å². The first-order valence-electron chi connectivity index (χ1n) is 6.74. The molecule has 1 aromatic carbocycles. The zero-order chi connectivity index (χ0) is 14.3. The Labute approximate surface area is 121 Å². The molecule has 0 aliphatic carbocycles. The summed E-state index contributed by atoms with van der Waals surface area (Å²) in [6.45, 7) is 6.20. The SMILES string of the molecule is CBc1ncc(-n2nc(C(C)C)c3cccc(F)c32)s1. The lowest BCUT2D eigenvalue weighted by Crippen LogP contribution is -2.07. The summed E-state index contributed by atoms with van der Waals surface area (Å²) < 4.78 is 15.9. The number of halogens is 1. The van der Waals surface area contributed by atoms with E-state index >= 15 is 0 Å². The largest absolute Gasteiger partial charge is 0.258 e. The van der Waals surface area contributed by atoms with Gasteiger partial charge in [0.15, 0.2) is 7.28 Å². The third-order valence-corrected chi connectivity index (χ3v) is 4.40. The van der Waals surface area contributed by atoms with Crippen molar-refractivity contribution in [2.45, 2.75) is 26.6 Å². The highest BCUT2D eigenvalue weighted by Gasteiger charge is 2.18. The molecule has 0 saturated heterocycles. The highest BCUT2D eigenvalue weighted by molar-refractivity contribution is 7.22. The van der Waals surface area contributed by atoms with Gasteiger partial charge < -0.3 is 0 Å². The van der Waals surface area contributed by atoms with E-state index in [9.17, 15) is 4.39 Å². The standard InChI is InChI=1S/C14H15BFN3S/c1-8(2)12-9-5-4-6-10(16)13(9)19(18-12)11-7-17-14(15-3)20-11/h4-8,15H,1-3H3. The van der Waals surface area contributed by atoms with Crippen molar-refractivity contribution in [3.8, 4) is 5.00 Å². The van der Waals surface area contributed by atoms with Gasteiger partial charge in [-0.25, -0.2) is 9.07 Å². The van der Waals surface area contributed by atoms with Gasteiger partial charge in [0.1, 0.15) is 16.3 Å². The second-order valence-electron chi connectivity index (χ2n) is 5.03. The highest BCUT2D eigenvalue weighted by atomic mass is 32.1. The van der Waals surface area contributed by atoms with E-state index < -0.39 is 0 Å². The average molecular weight is 287 g/mol. The third kappa shape index (κ3) is 2.04. The Morgan fingerprint density at radius 1 is 1.35 bits per heavy atom. The predicted molar refractivity (Wildman–Crippen MR) is 83.4 cm³/mol. The molecule has 0 unspecified atom stereocenters. The van der Waals surface area contributed by atoms with Crippen LogP contribution < -0.4 is 4.91 Å². The van der Waals surface area contributed by atoms with E-state index in [0.717, 1.165) is 28.3 Å². The van der Waals surface area contributed by atoms with Gasteiger partial charge in [0.25, 0.3) is 0 Å². The minimum absolute atomic E-state index is 0.242. The van der Waals surface area contributed by atoms with Crippen molar-refractivity contribution in [2.24, 2.45) is 0 Å². The zero-order valence-corrected chi connectivity index (χ0v) is 12.5. The van der Waals surface area contributed by atoms with E-state index in [-0.39, 0.29) is 11.7 Å². The maximum absolute atomic E-state index is 14.2. The fraction of sp³-hybridized carbons (Fsp3) is 0.286. The van der Waals surface area contributed by atoms with Crippen LogP contribution in [0.25, 0.3) is 15.9 Å². The summed E-state index contributed by atoms with van der Waals surface area (Å²) in [6.07, 6.45) is 1.77. The highest BCUT2D eigenvalue weighted by Crippen LogP contribution is 2.29.